The van der Waals surface area contributed by atoms with E-state index in [1.165, 1.54) is 32.1 Å². The van der Waals surface area contributed by atoms with Crippen molar-refractivity contribution < 1.29 is 9.47 Å². The second-order valence-corrected chi connectivity index (χ2v) is 4.80. The normalized spacial score (nSPS) is 29.0. The molecule has 1 N–H and O–H groups in total. The van der Waals surface area contributed by atoms with E-state index in [9.17, 15) is 0 Å². The summed E-state index contributed by atoms with van der Waals surface area (Å²) in [6, 6.07) is 0.556. The molecular weight excluding hydrogens is 190 g/mol. The number of ether oxygens (including phenoxy) is 2. The van der Waals surface area contributed by atoms with E-state index in [-0.39, 0.29) is 0 Å². The van der Waals surface area contributed by atoms with Gasteiger partial charge in [-0.25, -0.2) is 0 Å². The molecule has 2 rings (SSSR count). The van der Waals surface area contributed by atoms with E-state index in [0.717, 1.165) is 25.7 Å². The van der Waals surface area contributed by atoms with Gasteiger partial charge in [0.05, 0.1) is 12.7 Å². The van der Waals surface area contributed by atoms with Crippen LogP contribution >= 0.6 is 0 Å². The van der Waals surface area contributed by atoms with E-state index < -0.39 is 0 Å². The van der Waals surface area contributed by atoms with Crippen LogP contribution in [0.4, 0.5) is 0 Å². The van der Waals surface area contributed by atoms with Crippen molar-refractivity contribution in [2.24, 2.45) is 5.92 Å². The van der Waals surface area contributed by atoms with Crippen LogP contribution in [-0.4, -0.2) is 39.0 Å². The van der Waals surface area contributed by atoms with Crippen LogP contribution < -0.4 is 5.32 Å². The van der Waals surface area contributed by atoms with Crippen LogP contribution in [0.15, 0.2) is 0 Å². The highest BCUT2D eigenvalue weighted by molar-refractivity contribution is 4.87. The van der Waals surface area contributed by atoms with Gasteiger partial charge in [0, 0.05) is 26.3 Å². The molecule has 1 saturated heterocycles. The summed E-state index contributed by atoms with van der Waals surface area (Å²) in [5, 5.41) is 3.60. The summed E-state index contributed by atoms with van der Waals surface area (Å²) >= 11 is 0. The van der Waals surface area contributed by atoms with Gasteiger partial charge in [-0.05, 0) is 38.0 Å². The third kappa shape index (κ3) is 3.74. The monoisotopic (exact) mass is 213 g/mol. The molecule has 1 aliphatic carbocycles. The first-order chi connectivity index (χ1) is 7.40. The average Bonchev–Trinajstić information content (AvgIpc) is 3.09. The number of hydrogen-bond acceptors (Lipinski definition) is 3. The maximum Gasteiger partial charge on any atom is 0.0699 e. The third-order valence-electron chi connectivity index (χ3n) is 3.42. The Kier molecular flexibility index (Phi) is 4.42. The van der Waals surface area contributed by atoms with Crippen molar-refractivity contribution in [3.63, 3.8) is 0 Å². The van der Waals surface area contributed by atoms with Gasteiger partial charge in [0.25, 0.3) is 0 Å². The zero-order valence-corrected chi connectivity index (χ0v) is 9.71. The van der Waals surface area contributed by atoms with Gasteiger partial charge >= 0.3 is 0 Å². The topological polar surface area (TPSA) is 30.5 Å². The molecule has 15 heavy (non-hydrogen) atoms. The SMILES string of the molecule is COCC(NCC1CCCCO1)C1CC1. The quantitative estimate of drug-likeness (QED) is 0.726. The van der Waals surface area contributed by atoms with Crippen LogP contribution in [0, 0.1) is 5.92 Å². The fraction of sp³-hybridized carbons (Fsp3) is 1.00. The smallest absolute Gasteiger partial charge is 0.0699 e. The van der Waals surface area contributed by atoms with Crippen molar-refractivity contribution in [3.8, 4) is 0 Å². The molecule has 2 fully saturated rings. The molecule has 0 radical (unpaired) electrons. The number of nitrogens with one attached hydrogen (secondary N) is 1. The van der Waals surface area contributed by atoms with Crippen molar-refractivity contribution in [3.05, 3.63) is 0 Å². The summed E-state index contributed by atoms with van der Waals surface area (Å²) in [4.78, 5) is 0. The van der Waals surface area contributed by atoms with Gasteiger partial charge in [0.2, 0.25) is 0 Å². The molecule has 88 valence electrons. The summed E-state index contributed by atoms with van der Waals surface area (Å²) in [6.45, 7) is 2.80. The van der Waals surface area contributed by atoms with E-state index in [4.69, 9.17) is 9.47 Å². The molecule has 2 aliphatic rings. The largest absolute Gasteiger partial charge is 0.383 e. The Hall–Kier alpha value is -0.120. The van der Waals surface area contributed by atoms with Gasteiger partial charge in [-0.2, -0.15) is 0 Å². The van der Waals surface area contributed by atoms with Crippen LogP contribution in [0.1, 0.15) is 32.1 Å². The fourth-order valence-corrected chi connectivity index (χ4v) is 2.29. The lowest BCUT2D eigenvalue weighted by Gasteiger charge is -2.25. The molecule has 1 saturated carbocycles. The minimum atomic E-state index is 0.442. The predicted octanol–water partition coefficient (Wildman–Crippen LogP) is 1.57. The van der Waals surface area contributed by atoms with Gasteiger partial charge < -0.3 is 14.8 Å². The molecule has 1 heterocycles. The van der Waals surface area contributed by atoms with E-state index >= 15 is 0 Å². The van der Waals surface area contributed by atoms with Crippen LogP contribution in [0.2, 0.25) is 0 Å². The Morgan fingerprint density at radius 2 is 2.20 bits per heavy atom. The summed E-state index contributed by atoms with van der Waals surface area (Å²) in [7, 11) is 1.79. The predicted molar refractivity (Wildman–Crippen MR) is 60.0 cm³/mol. The van der Waals surface area contributed by atoms with Gasteiger partial charge in [0.1, 0.15) is 0 Å². The second kappa shape index (κ2) is 5.83. The molecule has 2 atom stereocenters. The maximum absolute atomic E-state index is 5.70. The summed E-state index contributed by atoms with van der Waals surface area (Å²) < 4.78 is 10.9. The number of methoxy groups -OCH3 is 1. The van der Waals surface area contributed by atoms with Gasteiger partial charge in [-0.15, -0.1) is 0 Å². The number of rotatable bonds is 6. The highest BCUT2D eigenvalue weighted by Gasteiger charge is 2.31. The van der Waals surface area contributed by atoms with E-state index in [1.807, 2.05) is 0 Å². The minimum absolute atomic E-state index is 0.442. The van der Waals surface area contributed by atoms with E-state index in [1.54, 1.807) is 7.11 Å². The summed E-state index contributed by atoms with van der Waals surface area (Å²) in [6.07, 6.45) is 6.96. The highest BCUT2D eigenvalue weighted by Crippen LogP contribution is 2.32. The van der Waals surface area contributed by atoms with Crippen molar-refractivity contribution in [2.45, 2.75) is 44.2 Å². The molecule has 0 aromatic heterocycles. The van der Waals surface area contributed by atoms with Crippen LogP contribution in [-0.2, 0) is 9.47 Å². The minimum Gasteiger partial charge on any atom is -0.383 e. The maximum atomic E-state index is 5.70. The Morgan fingerprint density at radius 3 is 2.80 bits per heavy atom. The van der Waals surface area contributed by atoms with Crippen molar-refractivity contribution >= 4 is 0 Å². The molecule has 0 amide bonds. The molecule has 3 nitrogen and oxygen atoms in total. The Morgan fingerprint density at radius 1 is 1.33 bits per heavy atom. The van der Waals surface area contributed by atoms with Crippen molar-refractivity contribution in [1.82, 2.24) is 5.32 Å². The van der Waals surface area contributed by atoms with Crippen LogP contribution in [0.5, 0.6) is 0 Å². The first-order valence-corrected chi connectivity index (χ1v) is 6.24. The first-order valence-electron chi connectivity index (χ1n) is 6.24. The Bertz CT molecular complexity index is 176. The lowest BCUT2D eigenvalue weighted by Crippen LogP contribution is -2.41. The Labute approximate surface area is 92.5 Å². The molecule has 0 bridgehead atoms. The molecule has 0 aromatic carbocycles. The molecule has 0 spiro atoms. The first kappa shape index (κ1) is 11.4. The zero-order chi connectivity index (χ0) is 10.5. The molecule has 3 heteroatoms. The van der Waals surface area contributed by atoms with Gasteiger partial charge in [0.15, 0.2) is 0 Å². The average molecular weight is 213 g/mol. The lowest BCUT2D eigenvalue weighted by atomic mass is 10.1. The molecule has 2 unspecified atom stereocenters. The third-order valence-corrected chi connectivity index (χ3v) is 3.42. The van der Waals surface area contributed by atoms with Gasteiger partial charge in [-0.1, -0.05) is 0 Å². The molecule has 0 aromatic rings. The summed E-state index contributed by atoms with van der Waals surface area (Å²) in [5.41, 5.74) is 0. The van der Waals surface area contributed by atoms with E-state index in [2.05, 4.69) is 5.32 Å². The Balaban J connectivity index is 1.65. The highest BCUT2D eigenvalue weighted by atomic mass is 16.5. The number of hydrogen-bond donors (Lipinski definition) is 1. The summed E-state index contributed by atoms with van der Waals surface area (Å²) in [5.74, 6) is 0.855. The fourth-order valence-electron chi connectivity index (χ4n) is 2.29. The van der Waals surface area contributed by atoms with Crippen molar-refractivity contribution in [2.75, 3.05) is 26.9 Å². The lowest BCUT2D eigenvalue weighted by molar-refractivity contribution is 0.0128. The second-order valence-electron chi connectivity index (χ2n) is 4.80. The molecule has 1 aliphatic heterocycles. The van der Waals surface area contributed by atoms with Crippen molar-refractivity contribution in [1.29, 1.82) is 0 Å². The standard InChI is InChI=1S/C12H23NO2/c1-14-9-12(10-5-6-10)13-8-11-4-2-3-7-15-11/h10-13H,2-9H2,1H3. The van der Waals surface area contributed by atoms with Crippen LogP contribution in [0.3, 0.4) is 0 Å². The van der Waals surface area contributed by atoms with Crippen LogP contribution in [0.25, 0.3) is 0 Å². The molecular formula is C12H23NO2. The van der Waals surface area contributed by atoms with Gasteiger partial charge in [-0.3, -0.25) is 0 Å². The zero-order valence-electron chi connectivity index (χ0n) is 9.71. The van der Waals surface area contributed by atoms with E-state index in [0.29, 0.717) is 12.1 Å².